The molecular formula is C61H100O6. The van der Waals surface area contributed by atoms with Crippen LogP contribution in [-0.2, 0) is 28.6 Å². The first-order chi connectivity index (χ1) is 33.0. The van der Waals surface area contributed by atoms with E-state index in [1.807, 2.05) is 0 Å². The normalized spacial score (nSPS) is 12.9. The molecule has 0 aromatic rings. The second kappa shape index (κ2) is 54.7. The summed E-state index contributed by atoms with van der Waals surface area (Å²) in [6.07, 6.45) is 73.6. The Hall–Kier alpha value is -3.93. The minimum absolute atomic E-state index is 0.102. The van der Waals surface area contributed by atoms with Crippen LogP contribution in [-0.4, -0.2) is 37.2 Å². The maximum atomic E-state index is 12.8. The van der Waals surface area contributed by atoms with Gasteiger partial charge in [0.2, 0.25) is 0 Å². The van der Waals surface area contributed by atoms with Crippen molar-refractivity contribution in [3.63, 3.8) is 0 Å². The van der Waals surface area contributed by atoms with Crippen molar-refractivity contribution in [1.82, 2.24) is 0 Å². The molecular weight excluding hydrogens is 829 g/mol. The molecule has 0 aromatic carbocycles. The van der Waals surface area contributed by atoms with Crippen LogP contribution in [0, 0.1) is 0 Å². The maximum absolute atomic E-state index is 12.8. The highest BCUT2D eigenvalue weighted by molar-refractivity contribution is 5.71. The van der Waals surface area contributed by atoms with Gasteiger partial charge in [-0.25, -0.2) is 0 Å². The van der Waals surface area contributed by atoms with Gasteiger partial charge in [-0.1, -0.05) is 214 Å². The van der Waals surface area contributed by atoms with Gasteiger partial charge in [0, 0.05) is 19.3 Å². The van der Waals surface area contributed by atoms with E-state index in [1.165, 1.54) is 77.0 Å². The monoisotopic (exact) mass is 929 g/mol. The van der Waals surface area contributed by atoms with E-state index in [1.54, 1.807) is 0 Å². The number of ether oxygens (including phenoxy) is 3. The molecule has 0 radical (unpaired) electrons. The Labute approximate surface area is 412 Å². The first-order valence-electron chi connectivity index (χ1n) is 27.4. The van der Waals surface area contributed by atoms with E-state index in [0.29, 0.717) is 12.8 Å². The highest BCUT2D eigenvalue weighted by Crippen LogP contribution is 2.14. The second-order valence-corrected chi connectivity index (χ2v) is 17.8. The smallest absolute Gasteiger partial charge is 0.306 e. The minimum Gasteiger partial charge on any atom is -0.462 e. The molecule has 380 valence electrons. The molecule has 0 amide bonds. The van der Waals surface area contributed by atoms with Crippen LogP contribution >= 0.6 is 0 Å². The number of carbonyl (C=O) groups is 3. The van der Waals surface area contributed by atoms with E-state index in [4.69, 9.17) is 14.2 Å². The number of carbonyl (C=O) groups excluding carboxylic acids is 3. The summed E-state index contributed by atoms with van der Waals surface area (Å²) in [4.78, 5) is 38.1. The Balaban J connectivity index is 4.46. The molecule has 0 N–H and O–H groups in total. The van der Waals surface area contributed by atoms with Crippen LogP contribution in [0.3, 0.4) is 0 Å². The van der Waals surface area contributed by atoms with Gasteiger partial charge in [-0.05, 0) is 116 Å². The van der Waals surface area contributed by atoms with Crippen LogP contribution in [0.1, 0.15) is 239 Å². The number of esters is 3. The van der Waals surface area contributed by atoms with Gasteiger partial charge in [-0.2, -0.15) is 0 Å². The van der Waals surface area contributed by atoms with Crippen LogP contribution in [0.2, 0.25) is 0 Å². The molecule has 0 heterocycles. The fourth-order valence-electron chi connectivity index (χ4n) is 7.20. The van der Waals surface area contributed by atoms with E-state index >= 15 is 0 Å². The Kier molecular flexibility index (Phi) is 51.5. The molecule has 0 saturated carbocycles. The van der Waals surface area contributed by atoms with Crippen molar-refractivity contribution >= 4 is 17.9 Å². The van der Waals surface area contributed by atoms with Crippen molar-refractivity contribution in [2.45, 2.75) is 245 Å². The molecule has 1 atom stereocenters. The largest absolute Gasteiger partial charge is 0.462 e. The molecule has 0 aliphatic rings. The third kappa shape index (κ3) is 52.9. The summed E-state index contributed by atoms with van der Waals surface area (Å²) >= 11 is 0. The third-order valence-electron chi connectivity index (χ3n) is 11.3. The fourth-order valence-corrected chi connectivity index (χ4v) is 7.20. The lowest BCUT2D eigenvalue weighted by Crippen LogP contribution is -2.30. The van der Waals surface area contributed by atoms with Crippen molar-refractivity contribution in [3.8, 4) is 0 Å². The zero-order valence-electron chi connectivity index (χ0n) is 43.4. The highest BCUT2D eigenvalue weighted by Gasteiger charge is 2.19. The van der Waals surface area contributed by atoms with E-state index < -0.39 is 6.10 Å². The zero-order valence-corrected chi connectivity index (χ0v) is 43.4. The van der Waals surface area contributed by atoms with Gasteiger partial charge in [-0.3, -0.25) is 14.4 Å². The summed E-state index contributed by atoms with van der Waals surface area (Å²) in [6, 6.07) is 0. The number of hydrogen-bond acceptors (Lipinski definition) is 6. The van der Waals surface area contributed by atoms with E-state index in [2.05, 4.69) is 130 Å². The van der Waals surface area contributed by atoms with Crippen LogP contribution in [0.5, 0.6) is 0 Å². The van der Waals surface area contributed by atoms with Crippen molar-refractivity contribution in [3.05, 3.63) is 109 Å². The maximum Gasteiger partial charge on any atom is 0.306 e. The summed E-state index contributed by atoms with van der Waals surface area (Å²) < 4.78 is 16.8. The van der Waals surface area contributed by atoms with Crippen LogP contribution in [0.4, 0.5) is 0 Å². The Morgan fingerprint density at radius 3 is 1.01 bits per heavy atom. The molecule has 0 rings (SSSR count). The number of rotatable bonds is 48. The fraction of sp³-hybridized carbons (Fsp3) is 0.656. The first-order valence-corrected chi connectivity index (χ1v) is 27.4. The standard InChI is InChI=1S/C61H100O6/c1-4-7-10-13-16-19-22-25-28-30-31-32-34-36-39-42-45-48-51-54-60(63)66-57-58(56-65-59(62)53-50-47-44-41-38-35-27-24-21-18-15-12-9-6-3)67-61(64)55-52-49-46-43-40-37-33-29-26-23-20-17-14-11-8-5-2/h8-9,11-12,16-22,25-27,29,35,37,40,58H,4-7,10,13-15,23-24,28,30-34,36,38-39,41-57H2,1-3H3/b11-8-,12-9-,19-16-,20-17-,21-18-,25-22-,29-26-,35-27-,40-37-. The molecule has 0 saturated heterocycles. The van der Waals surface area contributed by atoms with Crippen molar-refractivity contribution in [2.24, 2.45) is 0 Å². The zero-order chi connectivity index (χ0) is 48.6. The van der Waals surface area contributed by atoms with Crippen LogP contribution in [0.25, 0.3) is 0 Å². The molecule has 1 unspecified atom stereocenters. The van der Waals surface area contributed by atoms with Gasteiger partial charge in [0.25, 0.3) is 0 Å². The number of unbranched alkanes of at least 4 members (excludes halogenated alkanes) is 20. The summed E-state index contributed by atoms with van der Waals surface area (Å²) in [5.41, 5.74) is 0. The van der Waals surface area contributed by atoms with Crippen LogP contribution < -0.4 is 0 Å². The molecule has 0 bridgehead atoms. The first kappa shape index (κ1) is 63.1. The minimum atomic E-state index is -0.807. The third-order valence-corrected chi connectivity index (χ3v) is 11.3. The van der Waals surface area contributed by atoms with Gasteiger partial charge in [-0.15, -0.1) is 0 Å². The highest BCUT2D eigenvalue weighted by atomic mass is 16.6. The summed E-state index contributed by atoms with van der Waals surface area (Å²) in [5.74, 6) is -0.962. The van der Waals surface area contributed by atoms with Crippen molar-refractivity contribution in [2.75, 3.05) is 13.2 Å². The van der Waals surface area contributed by atoms with Gasteiger partial charge in [0.1, 0.15) is 13.2 Å². The van der Waals surface area contributed by atoms with Crippen LogP contribution in [0.15, 0.2) is 109 Å². The topological polar surface area (TPSA) is 78.9 Å². The molecule has 0 aliphatic heterocycles. The second-order valence-electron chi connectivity index (χ2n) is 17.8. The Morgan fingerprint density at radius 1 is 0.328 bits per heavy atom. The Bertz CT molecular complexity index is 1390. The van der Waals surface area contributed by atoms with E-state index in [-0.39, 0.29) is 37.5 Å². The predicted molar refractivity (Wildman–Crippen MR) is 288 cm³/mol. The number of allylic oxidation sites excluding steroid dienone is 18. The van der Waals surface area contributed by atoms with E-state index in [0.717, 1.165) is 122 Å². The lowest BCUT2D eigenvalue weighted by Gasteiger charge is -2.18. The molecule has 0 aromatic heterocycles. The SMILES string of the molecule is CC/C=C\C/C=C\C/C=C\C/C=C\CCCCCC(=O)OC(COC(=O)CCCCCC/C=C\C/C=C\C/C=C\CC)COC(=O)CCCCCCCCCCCC/C=C\C=C/CCCCC. The summed E-state index contributed by atoms with van der Waals surface area (Å²) in [6.45, 7) is 6.33. The van der Waals surface area contributed by atoms with Gasteiger partial charge >= 0.3 is 17.9 Å². The summed E-state index contributed by atoms with van der Waals surface area (Å²) in [5, 5.41) is 0. The quantitative estimate of drug-likeness (QED) is 0.0199. The Morgan fingerprint density at radius 2 is 0.627 bits per heavy atom. The van der Waals surface area contributed by atoms with Crippen molar-refractivity contribution < 1.29 is 28.6 Å². The number of hydrogen-bond donors (Lipinski definition) is 0. The lowest BCUT2D eigenvalue weighted by molar-refractivity contribution is -0.167. The molecule has 67 heavy (non-hydrogen) atoms. The lowest BCUT2D eigenvalue weighted by atomic mass is 10.1. The summed E-state index contributed by atoms with van der Waals surface area (Å²) in [7, 11) is 0. The van der Waals surface area contributed by atoms with Gasteiger partial charge in [0.15, 0.2) is 6.10 Å². The molecule has 6 heteroatoms. The van der Waals surface area contributed by atoms with E-state index in [9.17, 15) is 14.4 Å². The van der Waals surface area contributed by atoms with Gasteiger partial charge < -0.3 is 14.2 Å². The molecule has 0 fully saturated rings. The molecule has 6 nitrogen and oxygen atoms in total. The molecule has 0 aliphatic carbocycles. The van der Waals surface area contributed by atoms with Crippen molar-refractivity contribution in [1.29, 1.82) is 0 Å². The predicted octanol–water partition coefficient (Wildman–Crippen LogP) is 18.3. The average molecular weight is 929 g/mol. The molecule has 0 spiro atoms. The van der Waals surface area contributed by atoms with Gasteiger partial charge in [0.05, 0.1) is 0 Å². The average Bonchev–Trinajstić information content (AvgIpc) is 3.33.